The molecule has 0 saturated carbocycles. The Balaban J connectivity index is 0.000001000. The first-order valence-corrected chi connectivity index (χ1v) is 2.83. The van der Waals surface area contributed by atoms with Gasteiger partial charge in [0.15, 0.2) is 0 Å². The summed E-state index contributed by atoms with van der Waals surface area (Å²) in [5.41, 5.74) is 1.44. The second-order valence-electron chi connectivity index (χ2n) is 1.83. The van der Waals surface area contributed by atoms with Crippen molar-refractivity contribution in [1.82, 2.24) is 0 Å². The molecule has 0 heterocycles. The number of hydrogen-bond acceptors (Lipinski definition) is 1. The SMILES string of the molecule is C#Cc1ccc(C#N)cc1.[Cu]. The normalized spacial score (nSPS) is 7.09. The van der Waals surface area contributed by atoms with E-state index in [9.17, 15) is 0 Å². The Hall–Kier alpha value is -1.21. The molecular weight excluding hydrogens is 186 g/mol. The van der Waals surface area contributed by atoms with Crippen molar-refractivity contribution < 1.29 is 17.1 Å². The third-order valence-corrected chi connectivity index (χ3v) is 1.18. The molecule has 0 bridgehead atoms. The smallest absolute Gasteiger partial charge is 0.0991 e. The van der Waals surface area contributed by atoms with Gasteiger partial charge < -0.3 is 0 Å². The van der Waals surface area contributed by atoms with Crippen LogP contribution < -0.4 is 0 Å². The summed E-state index contributed by atoms with van der Waals surface area (Å²) >= 11 is 0. The molecule has 0 saturated heterocycles. The molecule has 11 heavy (non-hydrogen) atoms. The van der Waals surface area contributed by atoms with E-state index in [0.717, 1.165) is 5.56 Å². The van der Waals surface area contributed by atoms with Crippen molar-refractivity contribution in [2.75, 3.05) is 0 Å². The van der Waals surface area contributed by atoms with Crippen LogP contribution in [0.2, 0.25) is 0 Å². The summed E-state index contributed by atoms with van der Waals surface area (Å²) in [6.45, 7) is 0. The maximum absolute atomic E-state index is 8.40. The Morgan fingerprint density at radius 3 is 1.91 bits per heavy atom. The van der Waals surface area contributed by atoms with Crippen LogP contribution in [-0.2, 0) is 17.1 Å². The Morgan fingerprint density at radius 1 is 1.09 bits per heavy atom. The van der Waals surface area contributed by atoms with Crippen LogP contribution in [0.4, 0.5) is 0 Å². The van der Waals surface area contributed by atoms with Gasteiger partial charge in [0.2, 0.25) is 0 Å². The van der Waals surface area contributed by atoms with Gasteiger partial charge in [0, 0.05) is 22.6 Å². The minimum absolute atomic E-state index is 0. The molecule has 0 atom stereocenters. The fourth-order valence-corrected chi connectivity index (χ4v) is 0.641. The van der Waals surface area contributed by atoms with Gasteiger partial charge in [0.05, 0.1) is 11.6 Å². The third kappa shape index (κ3) is 2.48. The molecule has 0 fully saturated rings. The molecule has 1 radical (unpaired) electrons. The molecule has 0 N–H and O–H groups in total. The van der Waals surface area contributed by atoms with Crippen molar-refractivity contribution >= 4 is 0 Å². The van der Waals surface area contributed by atoms with Crippen molar-refractivity contribution in [2.45, 2.75) is 0 Å². The summed E-state index contributed by atoms with van der Waals surface area (Å²) in [5, 5.41) is 8.40. The van der Waals surface area contributed by atoms with E-state index in [4.69, 9.17) is 11.7 Å². The van der Waals surface area contributed by atoms with Crippen molar-refractivity contribution in [2.24, 2.45) is 0 Å². The van der Waals surface area contributed by atoms with Gasteiger partial charge in [-0.25, -0.2) is 0 Å². The van der Waals surface area contributed by atoms with Crippen molar-refractivity contribution in [3.63, 3.8) is 0 Å². The molecule has 1 aromatic carbocycles. The number of nitriles is 1. The maximum atomic E-state index is 8.40. The van der Waals surface area contributed by atoms with Crippen LogP contribution in [0.3, 0.4) is 0 Å². The van der Waals surface area contributed by atoms with E-state index in [1.807, 2.05) is 6.07 Å². The predicted molar refractivity (Wildman–Crippen MR) is 39.1 cm³/mol. The van der Waals surface area contributed by atoms with Gasteiger partial charge in [-0.15, -0.1) is 6.42 Å². The number of rotatable bonds is 0. The van der Waals surface area contributed by atoms with E-state index < -0.39 is 0 Å². The molecule has 0 aliphatic rings. The van der Waals surface area contributed by atoms with Crippen LogP contribution in [0.1, 0.15) is 11.1 Å². The largest absolute Gasteiger partial charge is 0.192 e. The Labute approximate surface area is 76.5 Å². The molecule has 2 heteroatoms. The first-order chi connectivity index (χ1) is 4.86. The van der Waals surface area contributed by atoms with Gasteiger partial charge in [-0.3, -0.25) is 0 Å². The van der Waals surface area contributed by atoms with Crippen molar-refractivity contribution in [1.29, 1.82) is 5.26 Å². The first kappa shape index (κ1) is 9.79. The Bertz CT molecular complexity index is 267. The Kier molecular flexibility index (Phi) is 4.08. The van der Waals surface area contributed by atoms with E-state index >= 15 is 0 Å². The minimum atomic E-state index is 0. The summed E-state index contributed by atoms with van der Waals surface area (Å²) in [7, 11) is 0. The fourth-order valence-electron chi connectivity index (χ4n) is 0.641. The second-order valence-corrected chi connectivity index (χ2v) is 1.83. The summed E-state index contributed by atoms with van der Waals surface area (Å²) in [6, 6.07) is 8.91. The number of benzene rings is 1. The van der Waals surface area contributed by atoms with Crippen LogP contribution in [0, 0.1) is 23.7 Å². The number of terminal acetylenes is 1. The minimum Gasteiger partial charge on any atom is -0.192 e. The molecule has 1 rings (SSSR count). The van der Waals surface area contributed by atoms with Gasteiger partial charge in [0.1, 0.15) is 0 Å². The van der Waals surface area contributed by atoms with Gasteiger partial charge in [-0.1, -0.05) is 5.92 Å². The summed E-state index contributed by atoms with van der Waals surface area (Å²) < 4.78 is 0. The maximum Gasteiger partial charge on any atom is 0.0991 e. The molecule has 57 valence electrons. The monoisotopic (exact) mass is 190 g/mol. The van der Waals surface area contributed by atoms with Crippen LogP contribution in [-0.4, -0.2) is 0 Å². The zero-order valence-corrected chi connectivity index (χ0v) is 6.58. The van der Waals surface area contributed by atoms with Gasteiger partial charge >= 0.3 is 0 Å². The van der Waals surface area contributed by atoms with Gasteiger partial charge in [-0.2, -0.15) is 5.26 Å². The summed E-state index contributed by atoms with van der Waals surface area (Å²) in [4.78, 5) is 0. The standard InChI is InChI=1S/C9H5N.Cu/c1-2-8-3-5-9(7-10)6-4-8;/h1,3-6H;. The van der Waals surface area contributed by atoms with Crippen LogP contribution in [0.5, 0.6) is 0 Å². The Morgan fingerprint density at radius 2 is 1.55 bits per heavy atom. The van der Waals surface area contributed by atoms with E-state index in [0.29, 0.717) is 5.56 Å². The zero-order chi connectivity index (χ0) is 7.40. The van der Waals surface area contributed by atoms with Crippen molar-refractivity contribution in [3.05, 3.63) is 35.4 Å². The number of nitrogens with zero attached hydrogens (tertiary/aromatic N) is 1. The summed E-state index contributed by atoms with van der Waals surface area (Å²) in [5.74, 6) is 2.47. The third-order valence-electron chi connectivity index (χ3n) is 1.18. The molecule has 0 aliphatic carbocycles. The quantitative estimate of drug-likeness (QED) is 0.450. The first-order valence-electron chi connectivity index (χ1n) is 2.83. The topological polar surface area (TPSA) is 23.8 Å². The van der Waals surface area contributed by atoms with Gasteiger partial charge in [-0.05, 0) is 24.3 Å². The predicted octanol–water partition coefficient (Wildman–Crippen LogP) is 1.54. The van der Waals surface area contributed by atoms with E-state index in [-0.39, 0.29) is 17.1 Å². The van der Waals surface area contributed by atoms with Crippen LogP contribution in [0.25, 0.3) is 0 Å². The second kappa shape index (κ2) is 4.58. The zero-order valence-electron chi connectivity index (χ0n) is 5.64. The van der Waals surface area contributed by atoms with E-state index in [1.165, 1.54) is 0 Å². The molecule has 0 unspecified atom stereocenters. The molecule has 1 nitrogen and oxygen atoms in total. The molecule has 1 aromatic rings. The van der Waals surface area contributed by atoms with Crippen molar-refractivity contribution in [3.8, 4) is 18.4 Å². The molecule has 0 amide bonds. The fraction of sp³-hybridized carbons (Fsp3) is 0. The average molecular weight is 191 g/mol. The summed E-state index contributed by atoms with van der Waals surface area (Å²) in [6.07, 6.45) is 5.11. The molecular formula is C9H5CuN. The average Bonchev–Trinajstić information content (AvgIpc) is 2.05. The van der Waals surface area contributed by atoms with E-state index in [1.54, 1.807) is 24.3 Å². The number of hydrogen-bond donors (Lipinski definition) is 0. The van der Waals surface area contributed by atoms with Gasteiger partial charge in [0.25, 0.3) is 0 Å². The molecule has 0 aromatic heterocycles. The van der Waals surface area contributed by atoms with Crippen LogP contribution in [0.15, 0.2) is 24.3 Å². The van der Waals surface area contributed by atoms with Crippen LogP contribution >= 0.6 is 0 Å². The van der Waals surface area contributed by atoms with E-state index in [2.05, 4.69) is 5.92 Å². The molecule has 0 spiro atoms. The molecule has 0 aliphatic heterocycles.